The molecular weight excluding hydrogens is 340 g/mol. The van der Waals surface area contributed by atoms with Crippen LogP contribution in [-0.4, -0.2) is 18.6 Å². The van der Waals surface area contributed by atoms with E-state index in [1.807, 2.05) is 48.5 Å². The maximum atomic E-state index is 12.6. The van der Waals surface area contributed by atoms with Crippen molar-refractivity contribution < 1.29 is 14.3 Å². The zero-order chi connectivity index (χ0) is 19.1. The number of hydrogen-bond donors (Lipinski definition) is 2. The Morgan fingerprint density at radius 3 is 2.44 bits per heavy atom. The van der Waals surface area contributed by atoms with Crippen LogP contribution in [0.2, 0.25) is 0 Å². The average molecular weight is 368 g/mol. The predicted octanol–water partition coefficient (Wildman–Crippen LogP) is 4.01. The van der Waals surface area contributed by atoms with E-state index in [1.165, 1.54) is 0 Å². The van der Waals surface area contributed by atoms with Gasteiger partial charge >= 0.3 is 0 Å². The molecule has 2 aromatic rings. The maximum Gasteiger partial charge on any atom is 0.244 e. The minimum atomic E-state index is -0.737. The lowest BCUT2D eigenvalue weighted by Crippen LogP contribution is -2.52. The van der Waals surface area contributed by atoms with E-state index in [4.69, 9.17) is 15.2 Å². The monoisotopic (exact) mass is 368 g/mol. The van der Waals surface area contributed by atoms with Crippen molar-refractivity contribution in [3.63, 3.8) is 0 Å². The molecule has 0 atom stereocenters. The van der Waals surface area contributed by atoms with Gasteiger partial charge in [-0.3, -0.25) is 4.79 Å². The van der Waals surface area contributed by atoms with E-state index in [1.54, 1.807) is 7.11 Å². The number of carbonyl (C=O) groups excluding carboxylic acids is 1. The Balaban J connectivity index is 1.52. The summed E-state index contributed by atoms with van der Waals surface area (Å²) in [5.74, 6) is 0.747. The molecule has 144 valence electrons. The van der Waals surface area contributed by atoms with Crippen LogP contribution in [0.3, 0.4) is 0 Å². The minimum absolute atomic E-state index is 0.0847. The number of ether oxygens (including phenoxy) is 2. The van der Waals surface area contributed by atoms with Gasteiger partial charge in [0.1, 0.15) is 5.75 Å². The van der Waals surface area contributed by atoms with E-state index < -0.39 is 5.54 Å². The fourth-order valence-electron chi connectivity index (χ4n) is 3.41. The molecule has 0 unspecified atom stereocenters. The van der Waals surface area contributed by atoms with Gasteiger partial charge in [0.2, 0.25) is 5.91 Å². The molecule has 0 aromatic heterocycles. The van der Waals surface area contributed by atoms with Crippen molar-refractivity contribution in [2.45, 2.75) is 50.9 Å². The average Bonchev–Trinajstić information content (AvgIpc) is 2.69. The van der Waals surface area contributed by atoms with E-state index in [9.17, 15) is 4.79 Å². The Kier molecular flexibility index (Phi) is 6.48. The fraction of sp³-hybridized carbons (Fsp3) is 0.409. The zero-order valence-electron chi connectivity index (χ0n) is 15.9. The quantitative estimate of drug-likeness (QED) is 0.774. The number of amides is 1. The number of methoxy groups -OCH3 is 1. The van der Waals surface area contributed by atoms with Crippen LogP contribution < -0.4 is 15.8 Å². The van der Waals surface area contributed by atoms with Crippen molar-refractivity contribution in [3.05, 3.63) is 59.7 Å². The van der Waals surface area contributed by atoms with Gasteiger partial charge < -0.3 is 20.5 Å². The summed E-state index contributed by atoms with van der Waals surface area (Å²) < 4.78 is 11.0. The lowest BCUT2D eigenvalue weighted by Gasteiger charge is -2.31. The molecule has 0 saturated heterocycles. The summed E-state index contributed by atoms with van der Waals surface area (Å²) in [6.07, 6.45) is 4.70. The van der Waals surface area contributed by atoms with Crippen LogP contribution in [0.25, 0.3) is 0 Å². The lowest BCUT2D eigenvalue weighted by atomic mass is 9.82. The highest BCUT2D eigenvalue weighted by Crippen LogP contribution is 2.27. The van der Waals surface area contributed by atoms with Crippen LogP contribution in [0.5, 0.6) is 5.75 Å². The molecule has 5 heteroatoms. The molecule has 1 fully saturated rings. The van der Waals surface area contributed by atoms with Crippen LogP contribution in [-0.2, 0) is 22.7 Å². The first-order chi connectivity index (χ1) is 13.1. The molecule has 0 radical (unpaired) electrons. The first-order valence-corrected chi connectivity index (χ1v) is 9.49. The van der Waals surface area contributed by atoms with E-state index in [0.29, 0.717) is 13.2 Å². The van der Waals surface area contributed by atoms with E-state index in [0.717, 1.165) is 54.7 Å². The minimum Gasteiger partial charge on any atom is -0.497 e. The first-order valence-electron chi connectivity index (χ1n) is 9.49. The summed E-state index contributed by atoms with van der Waals surface area (Å²) in [6, 6.07) is 15.6. The Morgan fingerprint density at radius 2 is 1.74 bits per heavy atom. The van der Waals surface area contributed by atoms with Gasteiger partial charge in [0.05, 0.1) is 25.9 Å². The number of nitrogens with two attached hydrogens (primary N) is 1. The SMILES string of the molecule is COc1ccc(COCc2cccc(NC(=O)C3(N)CCCCC3)c2)cc1. The number of anilines is 1. The Hall–Kier alpha value is -2.37. The molecule has 3 N–H and O–H groups in total. The van der Waals surface area contributed by atoms with Crippen LogP contribution in [0.15, 0.2) is 48.5 Å². The highest BCUT2D eigenvalue weighted by atomic mass is 16.5. The lowest BCUT2D eigenvalue weighted by molar-refractivity contribution is -0.122. The summed E-state index contributed by atoms with van der Waals surface area (Å²) in [4.78, 5) is 12.6. The third kappa shape index (κ3) is 5.31. The number of hydrogen-bond acceptors (Lipinski definition) is 4. The van der Waals surface area contributed by atoms with Gasteiger partial charge in [-0.15, -0.1) is 0 Å². The second-order valence-electron chi connectivity index (χ2n) is 7.21. The zero-order valence-corrected chi connectivity index (χ0v) is 15.9. The maximum absolute atomic E-state index is 12.6. The van der Waals surface area contributed by atoms with Gasteiger partial charge in [-0.2, -0.15) is 0 Å². The smallest absolute Gasteiger partial charge is 0.244 e. The van der Waals surface area contributed by atoms with Crippen LogP contribution in [0.4, 0.5) is 5.69 Å². The number of benzene rings is 2. The topological polar surface area (TPSA) is 73.6 Å². The molecule has 1 aliphatic rings. The molecule has 0 spiro atoms. The molecule has 1 amide bonds. The molecule has 0 aliphatic heterocycles. The van der Waals surface area contributed by atoms with E-state index in [2.05, 4.69) is 5.32 Å². The predicted molar refractivity (Wildman–Crippen MR) is 107 cm³/mol. The summed E-state index contributed by atoms with van der Waals surface area (Å²) in [7, 11) is 1.65. The number of nitrogens with one attached hydrogen (secondary N) is 1. The molecule has 3 rings (SSSR count). The van der Waals surface area contributed by atoms with Crippen molar-refractivity contribution in [1.29, 1.82) is 0 Å². The normalized spacial score (nSPS) is 15.9. The second-order valence-corrected chi connectivity index (χ2v) is 7.21. The van der Waals surface area contributed by atoms with Gasteiger partial charge in [0.25, 0.3) is 0 Å². The molecule has 2 aromatic carbocycles. The molecule has 27 heavy (non-hydrogen) atoms. The summed E-state index contributed by atoms with van der Waals surface area (Å²) in [5.41, 5.74) is 8.43. The molecule has 5 nitrogen and oxygen atoms in total. The van der Waals surface area contributed by atoms with Crippen LogP contribution >= 0.6 is 0 Å². The van der Waals surface area contributed by atoms with E-state index >= 15 is 0 Å². The van der Waals surface area contributed by atoms with Crippen molar-refractivity contribution in [2.24, 2.45) is 5.73 Å². The first kappa shape index (κ1) is 19.4. The molecular formula is C22H28N2O3. The van der Waals surface area contributed by atoms with Crippen molar-refractivity contribution in [3.8, 4) is 5.75 Å². The highest BCUT2D eigenvalue weighted by molar-refractivity contribution is 5.98. The standard InChI is InChI=1S/C22H28N2O3/c1-26-20-10-8-17(9-11-20)15-27-16-18-6-5-7-19(14-18)24-21(25)22(23)12-3-2-4-13-22/h5-11,14H,2-4,12-13,15-16,23H2,1H3,(H,24,25). The van der Waals surface area contributed by atoms with Crippen LogP contribution in [0.1, 0.15) is 43.2 Å². The Bertz CT molecular complexity index is 752. The van der Waals surface area contributed by atoms with Crippen LogP contribution in [0, 0.1) is 0 Å². The molecule has 1 aliphatic carbocycles. The third-order valence-corrected chi connectivity index (χ3v) is 5.08. The fourth-order valence-corrected chi connectivity index (χ4v) is 3.41. The van der Waals surface area contributed by atoms with E-state index in [-0.39, 0.29) is 5.91 Å². The molecule has 1 saturated carbocycles. The largest absolute Gasteiger partial charge is 0.497 e. The second kappa shape index (κ2) is 9.02. The summed E-state index contributed by atoms with van der Waals surface area (Å²) in [6.45, 7) is 0.996. The van der Waals surface area contributed by atoms with Gasteiger partial charge in [0, 0.05) is 5.69 Å². The summed E-state index contributed by atoms with van der Waals surface area (Å²) in [5, 5.41) is 2.98. The molecule has 0 bridgehead atoms. The van der Waals surface area contributed by atoms with Crippen molar-refractivity contribution >= 4 is 11.6 Å². The Morgan fingerprint density at radius 1 is 1.04 bits per heavy atom. The molecule has 0 heterocycles. The Labute approximate surface area is 160 Å². The number of rotatable bonds is 7. The van der Waals surface area contributed by atoms with Gasteiger partial charge in [-0.25, -0.2) is 0 Å². The highest BCUT2D eigenvalue weighted by Gasteiger charge is 2.35. The van der Waals surface area contributed by atoms with Crippen molar-refractivity contribution in [1.82, 2.24) is 0 Å². The number of carbonyl (C=O) groups is 1. The third-order valence-electron chi connectivity index (χ3n) is 5.08. The van der Waals surface area contributed by atoms with Crippen molar-refractivity contribution in [2.75, 3.05) is 12.4 Å². The van der Waals surface area contributed by atoms with Gasteiger partial charge in [-0.1, -0.05) is 43.5 Å². The van der Waals surface area contributed by atoms with Gasteiger partial charge in [-0.05, 0) is 48.2 Å². The van der Waals surface area contributed by atoms with Gasteiger partial charge in [0.15, 0.2) is 0 Å². The summed E-state index contributed by atoms with van der Waals surface area (Å²) >= 11 is 0.